The number of hydrogen-bond acceptors (Lipinski definition) is 5. The number of nitrogens with zero attached hydrogens (tertiary/aromatic N) is 1. The minimum atomic E-state index is -1.00. The number of rotatable bonds is 11. The quantitative estimate of drug-likeness (QED) is 0.459. The monoisotopic (exact) mass is 381 g/mol. The Kier molecular flexibility index (Phi) is 10.2. The SMILES string of the molecule is Cl.O=C(O)COc1ccc(CCN(O)CCCOc2ccccc2)cc1. The van der Waals surface area contributed by atoms with Crippen LogP contribution in [0.25, 0.3) is 0 Å². The predicted molar refractivity (Wildman–Crippen MR) is 100 cm³/mol. The lowest BCUT2D eigenvalue weighted by molar-refractivity contribution is -0.139. The highest BCUT2D eigenvalue weighted by Gasteiger charge is 2.03. The lowest BCUT2D eigenvalue weighted by Gasteiger charge is -2.15. The van der Waals surface area contributed by atoms with E-state index in [1.54, 1.807) is 12.1 Å². The van der Waals surface area contributed by atoms with Gasteiger partial charge < -0.3 is 19.8 Å². The molecule has 0 spiro atoms. The van der Waals surface area contributed by atoms with Crippen LogP contribution < -0.4 is 9.47 Å². The maximum Gasteiger partial charge on any atom is 0.341 e. The van der Waals surface area contributed by atoms with Crippen LogP contribution in [-0.4, -0.2) is 47.6 Å². The molecule has 0 radical (unpaired) electrons. The highest BCUT2D eigenvalue weighted by Crippen LogP contribution is 2.13. The zero-order valence-electron chi connectivity index (χ0n) is 14.4. The Bertz CT molecular complexity index is 636. The second-order valence-corrected chi connectivity index (χ2v) is 5.55. The Balaban J connectivity index is 0.00000338. The fourth-order valence-corrected chi connectivity index (χ4v) is 2.22. The molecule has 142 valence electrons. The Hall–Kier alpha value is -2.28. The Morgan fingerprint density at radius 2 is 1.58 bits per heavy atom. The molecule has 7 heteroatoms. The summed E-state index contributed by atoms with van der Waals surface area (Å²) in [6.45, 7) is 1.25. The van der Waals surface area contributed by atoms with Crippen molar-refractivity contribution in [1.29, 1.82) is 0 Å². The molecule has 0 heterocycles. The van der Waals surface area contributed by atoms with Crippen LogP contribution in [0.5, 0.6) is 11.5 Å². The van der Waals surface area contributed by atoms with Crippen molar-refractivity contribution >= 4 is 18.4 Å². The standard InChI is InChI=1S/C19H23NO5.ClH/c21-19(22)15-25-18-9-7-16(8-10-18)11-13-20(23)12-4-14-24-17-5-2-1-3-6-17;/h1-3,5-10,23H,4,11-15H2,(H,21,22);1H. The van der Waals surface area contributed by atoms with Gasteiger partial charge in [0.2, 0.25) is 0 Å². The molecule has 0 fully saturated rings. The normalized spacial score (nSPS) is 10.2. The van der Waals surface area contributed by atoms with Crippen LogP contribution in [0.15, 0.2) is 54.6 Å². The number of ether oxygens (including phenoxy) is 2. The van der Waals surface area contributed by atoms with Crippen molar-refractivity contribution in [3.8, 4) is 11.5 Å². The van der Waals surface area contributed by atoms with Crippen LogP contribution in [0.2, 0.25) is 0 Å². The molecule has 0 atom stereocenters. The summed E-state index contributed by atoms with van der Waals surface area (Å²) < 4.78 is 10.7. The lowest BCUT2D eigenvalue weighted by Crippen LogP contribution is -2.24. The molecule has 2 N–H and O–H groups in total. The van der Waals surface area contributed by atoms with Crippen LogP contribution in [-0.2, 0) is 11.2 Å². The van der Waals surface area contributed by atoms with Crippen LogP contribution in [0.1, 0.15) is 12.0 Å². The molecule has 6 nitrogen and oxygen atoms in total. The molecule has 2 rings (SSSR count). The van der Waals surface area contributed by atoms with Gasteiger partial charge in [-0.2, -0.15) is 5.06 Å². The molecule has 0 aliphatic rings. The maximum atomic E-state index is 10.4. The van der Waals surface area contributed by atoms with Crippen molar-refractivity contribution in [3.05, 3.63) is 60.2 Å². The largest absolute Gasteiger partial charge is 0.494 e. The van der Waals surface area contributed by atoms with Gasteiger partial charge in [-0.3, -0.25) is 0 Å². The topological polar surface area (TPSA) is 79.2 Å². The minimum Gasteiger partial charge on any atom is -0.494 e. The van der Waals surface area contributed by atoms with E-state index in [-0.39, 0.29) is 19.0 Å². The molecule has 0 amide bonds. The third kappa shape index (κ3) is 8.71. The fourth-order valence-electron chi connectivity index (χ4n) is 2.22. The van der Waals surface area contributed by atoms with Crippen molar-refractivity contribution in [2.75, 3.05) is 26.3 Å². The summed E-state index contributed by atoms with van der Waals surface area (Å²) in [5.74, 6) is 0.346. The van der Waals surface area contributed by atoms with E-state index in [0.29, 0.717) is 31.9 Å². The van der Waals surface area contributed by atoms with Crippen molar-refractivity contribution in [1.82, 2.24) is 5.06 Å². The second kappa shape index (κ2) is 12.1. The van der Waals surface area contributed by atoms with Gasteiger partial charge in [-0.1, -0.05) is 30.3 Å². The number of para-hydroxylation sites is 1. The molecule has 0 unspecified atom stereocenters. The summed E-state index contributed by atoms with van der Waals surface area (Å²) in [7, 11) is 0. The van der Waals surface area contributed by atoms with Gasteiger partial charge in [-0.25, -0.2) is 4.79 Å². The van der Waals surface area contributed by atoms with Crippen molar-refractivity contribution < 1.29 is 24.6 Å². The number of hydrogen-bond donors (Lipinski definition) is 2. The number of carbonyl (C=O) groups is 1. The van der Waals surface area contributed by atoms with E-state index in [0.717, 1.165) is 17.7 Å². The van der Waals surface area contributed by atoms with E-state index in [1.807, 2.05) is 42.5 Å². The fraction of sp³-hybridized carbons (Fsp3) is 0.316. The Morgan fingerprint density at radius 3 is 2.23 bits per heavy atom. The van der Waals surface area contributed by atoms with Crippen LogP contribution in [0, 0.1) is 0 Å². The lowest BCUT2D eigenvalue weighted by atomic mass is 10.1. The van der Waals surface area contributed by atoms with Gasteiger partial charge in [0.15, 0.2) is 6.61 Å². The average molecular weight is 382 g/mol. The first-order valence-electron chi connectivity index (χ1n) is 8.18. The Morgan fingerprint density at radius 1 is 0.923 bits per heavy atom. The van der Waals surface area contributed by atoms with E-state index in [2.05, 4.69) is 0 Å². The van der Waals surface area contributed by atoms with E-state index >= 15 is 0 Å². The number of benzene rings is 2. The summed E-state index contributed by atoms with van der Waals surface area (Å²) >= 11 is 0. The number of carboxylic acid groups (broad SMARTS) is 1. The molecule has 0 saturated heterocycles. The summed E-state index contributed by atoms with van der Waals surface area (Å²) in [5.41, 5.74) is 1.04. The molecule has 0 aromatic heterocycles. The number of halogens is 1. The van der Waals surface area contributed by atoms with Gasteiger partial charge >= 0.3 is 5.97 Å². The van der Waals surface area contributed by atoms with Crippen molar-refractivity contribution in [2.24, 2.45) is 0 Å². The number of aliphatic carboxylic acids is 1. The van der Waals surface area contributed by atoms with Crippen LogP contribution in [0.3, 0.4) is 0 Å². The molecule has 2 aromatic carbocycles. The first kappa shape index (κ1) is 21.8. The summed E-state index contributed by atoms with van der Waals surface area (Å²) in [5, 5.41) is 19.7. The zero-order chi connectivity index (χ0) is 17.9. The molecular formula is C19H24ClNO5. The Labute approximate surface area is 159 Å². The third-order valence-electron chi connectivity index (χ3n) is 3.52. The van der Waals surface area contributed by atoms with Gasteiger partial charge in [0.1, 0.15) is 11.5 Å². The first-order chi connectivity index (χ1) is 12.1. The average Bonchev–Trinajstić information content (AvgIpc) is 2.63. The number of hydroxylamine groups is 2. The van der Waals surface area contributed by atoms with Crippen LogP contribution >= 0.6 is 12.4 Å². The van der Waals surface area contributed by atoms with Gasteiger partial charge in [0.05, 0.1) is 6.61 Å². The maximum absolute atomic E-state index is 10.4. The smallest absolute Gasteiger partial charge is 0.341 e. The summed E-state index contributed by atoms with van der Waals surface area (Å²) in [6.07, 6.45) is 1.42. The van der Waals surface area contributed by atoms with Gasteiger partial charge in [0.25, 0.3) is 0 Å². The van der Waals surface area contributed by atoms with E-state index in [4.69, 9.17) is 14.6 Å². The van der Waals surface area contributed by atoms with Gasteiger partial charge in [-0.05, 0) is 42.7 Å². The van der Waals surface area contributed by atoms with E-state index < -0.39 is 5.97 Å². The molecule has 0 bridgehead atoms. The molecule has 0 aliphatic heterocycles. The zero-order valence-corrected chi connectivity index (χ0v) is 15.2. The third-order valence-corrected chi connectivity index (χ3v) is 3.52. The van der Waals surface area contributed by atoms with Gasteiger partial charge in [-0.15, -0.1) is 12.4 Å². The summed E-state index contributed by atoms with van der Waals surface area (Å²) in [4.78, 5) is 10.4. The molecular weight excluding hydrogens is 358 g/mol. The molecule has 0 saturated carbocycles. The number of carboxylic acids is 1. The highest BCUT2D eigenvalue weighted by molar-refractivity contribution is 5.85. The van der Waals surface area contributed by atoms with Crippen molar-refractivity contribution in [3.63, 3.8) is 0 Å². The predicted octanol–water partition coefficient (Wildman–Crippen LogP) is 3.27. The highest BCUT2D eigenvalue weighted by atomic mass is 35.5. The van der Waals surface area contributed by atoms with Gasteiger partial charge in [0, 0.05) is 13.1 Å². The molecule has 0 aliphatic carbocycles. The molecule has 2 aromatic rings. The summed E-state index contributed by atoms with van der Waals surface area (Å²) in [6, 6.07) is 16.8. The van der Waals surface area contributed by atoms with E-state index in [9.17, 15) is 10.0 Å². The minimum absolute atomic E-state index is 0. The van der Waals surface area contributed by atoms with Crippen molar-refractivity contribution in [2.45, 2.75) is 12.8 Å². The molecule has 26 heavy (non-hydrogen) atoms. The van der Waals surface area contributed by atoms with Crippen LogP contribution in [0.4, 0.5) is 0 Å². The van der Waals surface area contributed by atoms with E-state index in [1.165, 1.54) is 5.06 Å². The second-order valence-electron chi connectivity index (χ2n) is 5.55. The first-order valence-corrected chi connectivity index (χ1v) is 8.18.